The molecule has 4 rings (SSSR count). The van der Waals surface area contributed by atoms with E-state index in [1.54, 1.807) is 41.9 Å². The van der Waals surface area contributed by atoms with Crippen molar-refractivity contribution < 1.29 is 14.0 Å². The summed E-state index contributed by atoms with van der Waals surface area (Å²) >= 11 is 0. The largest absolute Gasteiger partial charge is 0.467 e. The number of furan rings is 1. The molecule has 1 N–H and O–H groups in total. The first-order chi connectivity index (χ1) is 13.5. The van der Waals surface area contributed by atoms with Crippen LogP contribution in [0.1, 0.15) is 51.0 Å². The predicted octanol–water partition coefficient (Wildman–Crippen LogP) is 2.33. The zero-order valence-electron chi connectivity index (χ0n) is 15.8. The van der Waals surface area contributed by atoms with E-state index >= 15 is 0 Å². The van der Waals surface area contributed by atoms with Crippen LogP contribution in [0.4, 0.5) is 0 Å². The standard InChI is InChI=1S/C20H21N5O3/c1-13-8-15(10-21-9-13)20(27)25-6-5-24-12-17(23-18(24)14(25)2)19(26)22-11-16-4-3-7-28-16/h3-4,7-10,12,14H,5-6,11H2,1-2H3,(H,22,26). The van der Waals surface area contributed by atoms with Crippen LogP contribution < -0.4 is 5.32 Å². The van der Waals surface area contributed by atoms with Crippen molar-refractivity contribution in [2.24, 2.45) is 0 Å². The highest BCUT2D eigenvalue weighted by Crippen LogP contribution is 2.26. The van der Waals surface area contributed by atoms with Crippen LogP contribution in [-0.4, -0.2) is 37.8 Å². The van der Waals surface area contributed by atoms with Crippen LogP contribution >= 0.6 is 0 Å². The van der Waals surface area contributed by atoms with Gasteiger partial charge in [-0.15, -0.1) is 0 Å². The molecule has 3 aromatic rings. The number of amides is 2. The Balaban J connectivity index is 1.49. The molecule has 1 aliphatic heterocycles. The van der Waals surface area contributed by atoms with Gasteiger partial charge < -0.3 is 19.2 Å². The number of rotatable bonds is 4. The zero-order chi connectivity index (χ0) is 19.7. The van der Waals surface area contributed by atoms with E-state index < -0.39 is 0 Å². The van der Waals surface area contributed by atoms with E-state index in [0.29, 0.717) is 42.5 Å². The summed E-state index contributed by atoms with van der Waals surface area (Å²) in [5, 5.41) is 2.79. The molecule has 4 heterocycles. The number of imidazole rings is 1. The van der Waals surface area contributed by atoms with Crippen molar-refractivity contribution in [3.8, 4) is 0 Å². The summed E-state index contributed by atoms with van der Waals surface area (Å²) in [6.07, 6.45) is 6.60. The fourth-order valence-electron chi connectivity index (χ4n) is 3.39. The van der Waals surface area contributed by atoms with E-state index in [0.717, 1.165) is 5.56 Å². The molecule has 3 aromatic heterocycles. The van der Waals surface area contributed by atoms with E-state index in [9.17, 15) is 9.59 Å². The van der Waals surface area contributed by atoms with Crippen LogP contribution in [-0.2, 0) is 13.1 Å². The molecule has 1 aliphatic rings. The number of pyridine rings is 1. The van der Waals surface area contributed by atoms with Crippen LogP contribution in [0.3, 0.4) is 0 Å². The van der Waals surface area contributed by atoms with Gasteiger partial charge >= 0.3 is 0 Å². The number of aryl methyl sites for hydroxylation is 1. The first kappa shape index (κ1) is 18.0. The lowest BCUT2D eigenvalue weighted by atomic mass is 10.1. The number of nitrogens with zero attached hydrogens (tertiary/aromatic N) is 4. The highest BCUT2D eigenvalue weighted by Gasteiger charge is 2.31. The molecule has 8 heteroatoms. The molecule has 0 spiro atoms. The van der Waals surface area contributed by atoms with Crippen LogP contribution in [0.5, 0.6) is 0 Å². The molecule has 2 amide bonds. The predicted molar refractivity (Wildman–Crippen MR) is 101 cm³/mol. The first-order valence-corrected chi connectivity index (χ1v) is 9.13. The Bertz CT molecular complexity index is 1010. The fourth-order valence-corrected chi connectivity index (χ4v) is 3.39. The minimum Gasteiger partial charge on any atom is -0.467 e. The Hall–Kier alpha value is -3.42. The van der Waals surface area contributed by atoms with Gasteiger partial charge in [0.25, 0.3) is 11.8 Å². The van der Waals surface area contributed by atoms with Crippen molar-refractivity contribution in [2.45, 2.75) is 33.0 Å². The molecular formula is C20H21N5O3. The van der Waals surface area contributed by atoms with Gasteiger partial charge in [0.1, 0.15) is 17.3 Å². The van der Waals surface area contributed by atoms with Crippen molar-refractivity contribution in [1.82, 2.24) is 24.8 Å². The van der Waals surface area contributed by atoms with E-state index in [1.165, 1.54) is 0 Å². The third-order valence-corrected chi connectivity index (χ3v) is 4.85. The summed E-state index contributed by atoms with van der Waals surface area (Å²) in [5.74, 6) is 1.02. The molecule has 0 saturated heterocycles. The molecule has 0 fully saturated rings. The van der Waals surface area contributed by atoms with E-state index in [4.69, 9.17) is 4.42 Å². The number of aromatic nitrogens is 3. The average Bonchev–Trinajstić information content (AvgIpc) is 3.36. The third-order valence-electron chi connectivity index (χ3n) is 4.85. The molecular weight excluding hydrogens is 358 g/mol. The normalized spacial score (nSPS) is 15.9. The van der Waals surface area contributed by atoms with Crippen molar-refractivity contribution in [2.75, 3.05) is 6.54 Å². The summed E-state index contributed by atoms with van der Waals surface area (Å²) < 4.78 is 7.15. The number of hydrogen-bond donors (Lipinski definition) is 1. The van der Waals surface area contributed by atoms with Crippen LogP contribution in [0.25, 0.3) is 0 Å². The molecule has 0 saturated carbocycles. The van der Waals surface area contributed by atoms with Gasteiger partial charge in [0.05, 0.1) is 24.4 Å². The number of nitrogens with one attached hydrogen (secondary N) is 1. The maximum Gasteiger partial charge on any atom is 0.271 e. The monoisotopic (exact) mass is 379 g/mol. The SMILES string of the molecule is Cc1cncc(C(=O)N2CCn3cc(C(=O)NCc4ccco4)nc3C2C)c1. The van der Waals surface area contributed by atoms with Crippen molar-refractivity contribution in [3.05, 3.63) is 71.5 Å². The number of carbonyl (C=O) groups is 2. The second-order valence-corrected chi connectivity index (χ2v) is 6.87. The minimum absolute atomic E-state index is 0.0817. The minimum atomic E-state index is -0.272. The summed E-state index contributed by atoms with van der Waals surface area (Å²) in [6, 6.07) is 5.16. The topological polar surface area (TPSA) is 93.3 Å². The first-order valence-electron chi connectivity index (χ1n) is 9.13. The molecule has 8 nitrogen and oxygen atoms in total. The maximum absolute atomic E-state index is 12.9. The Morgan fingerprint density at radius 1 is 1.32 bits per heavy atom. The Kier molecular flexibility index (Phi) is 4.68. The lowest BCUT2D eigenvalue weighted by Crippen LogP contribution is -2.41. The van der Waals surface area contributed by atoms with Gasteiger partial charge in [-0.25, -0.2) is 4.98 Å². The average molecular weight is 379 g/mol. The van der Waals surface area contributed by atoms with Crippen LogP contribution in [0, 0.1) is 6.92 Å². The second kappa shape index (κ2) is 7.30. The zero-order valence-corrected chi connectivity index (χ0v) is 15.8. The van der Waals surface area contributed by atoms with Gasteiger partial charge in [0, 0.05) is 31.7 Å². The summed E-state index contributed by atoms with van der Waals surface area (Å²) in [4.78, 5) is 35.7. The molecule has 1 atom stereocenters. The second-order valence-electron chi connectivity index (χ2n) is 6.87. The van der Waals surface area contributed by atoms with E-state index in [-0.39, 0.29) is 17.9 Å². The molecule has 28 heavy (non-hydrogen) atoms. The van der Waals surface area contributed by atoms with E-state index in [1.807, 2.05) is 24.5 Å². The van der Waals surface area contributed by atoms with Gasteiger partial charge in [-0.1, -0.05) is 0 Å². The smallest absolute Gasteiger partial charge is 0.271 e. The molecule has 0 bridgehead atoms. The number of fused-ring (bicyclic) bond motifs is 1. The Labute approximate surface area is 162 Å². The highest BCUT2D eigenvalue weighted by atomic mass is 16.3. The van der Waals surface area contributed by atoms with Gasteiger partial charge in [0.15, 0.2) is 0 Å². The quantitative estimate of drug-likeness (QED) is 0.751. The third kappa shape index (κ3) is 3.40. The summed E-state index contributed by atoms with van der Waals surface area (Å²) in [7, 11) is 0. The van der Waals surface area contributed by atoms with Crippen LogP contribution in [0.2, 0.25) is 0 Å². The van der Waals surface area contributed by atoms with Crippen LogP contribution in [0.15, 0.2) is 47.5 Å². The Morgan fingerprint density at radius 2 is 2.18 bits per heavy atom. The van der Waals surface area contributed by atoms with Gasteiger partial charge in [-0.05, 0) is 37.6 Å². The summed E-state index contributed by atoms with van der Waals surface area (Å²) in [6.45, 7) is 5.26. The lowest BCUT2D eigenvalue weighted by Gasteiger charge is -2.33. The van der Waals surface area contributed by atoms with Gasteiger partial charge in [-0.3, -0.25) is 14.6 Å². The van der Waals surface area contributed by atoms with Gasteiger partial charge in [-0.2, -0.15) is 0 Å². The highest BCUT2D eigenvalue weighted by molar-refractivity contribution is 5.94. The molecule has 0 radical (unpaired) electrons. The molecule has 0 aliphatic carbocycles. The molecule has 1 unspecified atom stereocenters. The molecule has 144 valence electrons. The maximum atomic E-state index is 12.9. The van der Waals surface area contributed by atoms with E-state index in [2.05, 4.69) is 15.3 Å². The van der Waals surface area contributed by atoms with Crippen molar-refractivity contribution in [1.29, 1.82) is 0 Å². The van der Waals surface area contributed by atoms with Gasteiger partial charge in [0.2, 0.25) is 0 Å². The number of hydrogen-bond acceptors (Lipinski definition) is 5. The lowest BCUT2D eigenvalue weighted by molar-refractivity contribution is 0.0637. The fraction of sp³-hybridized carbons (Fsp3) is 0.300. The number of carbonyl (C=O) groups excluding carboxylic acids is 2. The van der Waals surface area contributed by atoms with Crippen molar-refractivity contribution in [3.63, 3.8) is 0 Å². The molecule has 0 aromatic carbocycles. The van der Waals surface area contributed by atoms with Crippen molar-refractivity contribution >= 4 is 11.8 Å². The Morgan fingerprint density at radius 3 is 2.93 bits per heavy atom. The summed E-state index contributed by atoms with van der Waals surface area (Å²) in [5.41, 5.74) is 1.83.